The van der Waals surface area contributed by atoms with Crippen molar-refractivity contribution < 1.29 is 0 Å². The van der Waals surface area contributed by atoms with Crippen LogP contribution in [0.2, 0.25) is 0 Å². The van der Waals surface area contributed by atoms with Gasteiger partial charge in [0.25, 0.3) is 0 Å². The highest BCUT2D eigenvalue weighted by Gasteiger charge is 2.52. The van der Waals surface area contributed by atoms with Crippen molar-refractivity contribution in [1.82, 2.24) is 34.8 Å². The van der Waals surface area contributed by atoms with E-state index in [1.807, 2.05) is 55.8 Å². The largest absolute Gasteiger partial charge is 0.369 e. The van der Waals surface area contributed by atoms with E-state index in [0.29, 0.717) is 5.82 Å². The molecule has 1 aliphatic heterocycles. The number of rotatable bonds is 6. The lowest BCUT2D eigenvalue weighted by Crippen LogP contribution is -2.19. The number of aryl methyl sites for hydroxylation is 2. The molecule has 8 nitrogen and oxygen atoms in total. The fraction of sp³-hybridized carbons (Fsp3) is 0.333. The Morgan fingerprint density at radius 2 is 1.66 bits per heavy atom. The molecular formula is C24H26N8. The van der Waals surface area contributed by atoms with Crippen LogP contribution in [0.4, 0.5) is 5.82 Å². The molecule has 0 bridgehead atoms. The number of hydrogen-bond acceptors (Lipinski definition) is 6. The summed E-state index contributed by atoms with van der Waals surface area (Å²) in [6.07, 6.45) is 9.66. The molecule has 6 rings (SSSR count). The number of hydrogen-bond donors (Lipinski definition) is 2. The Kier molecular flexibility index (Phi) is 4.53. The summed E-state index contributed by atoms with van der Waals surface area (Å²) < 4.78 is 3.62. The van der Waals surface area contributed by atoms with Crippen LogP contribution >= 0.6 is 0 Å². The van der Waals surface area contributed by atoms with Gasteiger partial charge in [0.15, 0.2) is 5.82 Å². The molecule has 0 radical (unpaired) electrons. The standard InChI is InChI=1S/C24H26N8/c1-31-13-17(7-28-31)15-4-3-5-16(6-15)23-26-11-19(18-8-29-32(2)14-18)24(30-23)27-12-22-20-9-25-10-21(20)22/h3-8,11,13-14,20-22,25H,9-10,12H2,1-2H3,(H,26,27,30)/t20-,21?,22?/m1/s1. The van der Waals surface area contributed by atoms with Gasteiger partial charge in [-0.2, -0.15) is 10.2 Å². The number of fused-ring (bicyclic) bond motifs is 1. The highest BCUT2D eigenvalue weighted by atomic mass is 15.2. The van der Waals surface area contributed by atoms with E-state index in [-0.39, 0.29) is 0 Å². The predicted molar refractivity (Wildman–Crippen MR) is 124 cm³/mol. The van der Waals surface area contributed by atoms with Crippen LogP contribution in [0.15, 0.2) is 55.2 Å². The van der Waals surface area contributed by atoms with Gasteiger partial charge < -0.3 is 10.6 Å². The lowest BCUT2D eigenvalue weighted by Gasteiger charge is -2.13. The summed E-state index contributed by atoms with van der Waals surface area (Å²) in [5.74, 6) is 3.92. The molecule has 3 atom stereocenters. The van der Waals surface area contributed by atoms with E-state index in [1.54, 1.807) is 4.68 Å². The van der Waals surface area contributed by atoms with Crippen LogP contribution in [-0.4, -0.2) is 49.2 Å². The maximum atomic E-state index is 4.97. The molecule has 2 fully saturated rings. The summed E-state index contributed by atoms with van der Waals surface area (Å²) >= 11 is 0. The van der Waals surface area contributed by atoms with Crippen LogP contribution < -0.4 is 10.6 Å². The zero-order valence-corrected chi connectivity index (χ0v) is 18.2. The van der Waals surface area contributed by atoms with Crippen LogP contribution in [-0.2, 0) is 14.1 Å². The monoisotopic (exact) mass is 426 g/mol. The van der Waals surface area contributed by atoms with Gasteiger partial charge in [-0.15, -0.1) is 0 Å². The van der Waals surface area contributed by atoms with Crippen molar-refractivity contribution in [3.05, 3.63) is 55.2 Å². The second kappa shape index (κ2) is 7.56. The first-order valence-corrected chi connectivity index (χ1v) is 11.1. The van der Waals surface area contributed by atoms with Gasteiger partial charge in [0.1, 0.15) is 5.82 Å². The molecule has 0 spiro atoms. The van der Waals surface area contributed by atoms with E-state index < -0.39 is 0 Å². The van der Waals surface area contributed by atoms with Gasteiger partial charge >= 0.3 is 0 Å². The van der Waals surface area contributed by atoms with Crippen molar-refractivity contribution >= 4 is 5.82 Å². The Labute approximate surface area is 186 Å². The predicted octanol–water partition coefficient (Wildman–Crippen LogP) is 2.82. The van der Waals surface area contributed by atoms with Crippen molar-refractivity contribution in [3.63, 3.8) is 0 Å². The Morgan fingerprint density at radius 1 is 0.938 bits per heavy atom. The molecule has 8 heteroatoms. The fourth-order valence-electron chi connectivity index (χ4n) is 4.90. The molecular weight excluding hydrogens is 400 g/mol. The first kappa shape index (κ1) is 19.2. The van der Waals surface area contributed by atoms with Gasteiger partial charge in [0, 0.05) is 61.5 Å². The van der Waals surface area contributed by atoms with E-state index in [1.165, 1.54) is 0 Å². The zero-order valence-electron chi connectivity index (χ0n) is 18.2. The molecule has 1 aromatic carbocycles. The molecule has 1 saturated carbocycles. The number of piperidine rings is 1. The van der Waals surface area contributed by atoms with Gasteiger partial charge in [0.2, 0.25) is 0 Å². The average Bonchev–Trinajstić information content (AvgIpc) is 3.28. The molecule has 4 heterocycles. The van der Waals surface area contributed by atoms with E-state index in [4.69, 9.17) is 9.97 Å². The number of benzene rings is 1. The summed E-state index contributed by atoms with van der Waals surface area (Å²) in [5.41, 5.74) is 5.16. The average molecular weight is 427 g/mol. The molecule has 3 aromatic heterocycles. The Balaban J connectivity index is 1.33. The minimum Gasteiger partial charge on any atom is -0.369 e. The fourth-order valence-corrected chi connectivity index (χ4v) is 4.90. The molecule has 2 N–H and O–H groups in total. The topological polar surface area (TPSA) is 85.5 Å². The summed E-state index contributed by atoms with van der Waals surface area (Å²) in [4.78, 5) is 9.68. The Morgan fingerprint density at radius 3 is 2.38 bits per heavy atom. The maximum Gasteiger partial charge on any atom is 0.161 e. The quantitative estimate of drug-likeness (QED) is 0.493. The lowest BCUT2D eigenvalue weighted by atomic mass is 10.1. The summed E-state index contributed by atoms with van der Waals surface area (Å²) in [7, 11) is 3.85. The van der Waals surface area contributed by atoms with Gasteiger partial charge in [-0.1, -0.05) is 18.2 Å². The van der Waals surface area contributed by atoms with Gasteiger partial charge in [-0.05, 0) is 42.5 Å². The Bertz CT molecular complexity index is 1260. The molecule has 32 heavy (non-hydrogen) atoms. The minimum absolute atomic E-state index is 0.712. The van der Waals surface area contributed by atoms with Gasteiger partial charge in [-0.3, -0.25) is 9.36 Å². The third-order valence-electron chi connectivity index (χ3n) is 6.74. The molecule has 0 amide bonds. The number of aromatic nitrogens is 6. The smallest absolute Gasteiger partial charge is 0.161 e. The first-order valence-electron chi connectivity index (χ1n) is 11.1. The van der Waals surface area contributed by atoms with Gasteiger partial charge in [0.05, 0.1) is 12.4 Å². The van der Waals surface area contributed by atoms with E-state index in [9.17, 15) is 0 Å². The van der Waals surface area contributed by atoms with Crippen LogP contribution in [0.25, 0.3) is 33.6 Å². The van der Waals surface area contributed by atoms with Crippen molar-refractivity contribution in [2.45, 2.75) is 0 Å². The third kappa shape index (κ3) is 3.46. The second-order valence-corrected chi connectivity index (χ2v) is 8.87. The molecule has 1 saturated heterocycles. The third-order valence-corrected chi connectivity index (χ3v) is 6.74. The maximum absolute atomic E-state index is 4.97. The first-order chi connectivity index (χ1) is 15.7. The summed E-state index contributed by atoms with van der Waals surface area (Å²) in [6.45, 7) is 3.22. The summed E-state index contributed by atoms with van der Waals surface area (Å²) in [6, 6.07) is 8.31. The van der Waals surface area contributed by atoms with Crippen molar-refractivity contribution in [1.29, 1.82) is 0 Å². The van der Waals surface area contributed by atoms with Crippen LogP contribution in [0, 0.1) is 17.8 Å². The lowest BCUT2D eigenvalue weighted by molar-refractivity contribution is 0.615. The summed E-state index contributed by atoms with van der Waals surface area (Å²) in [5, 5.41) is 15.7. The molecule has 1 aliphatic carbocycles. The van der Waals surface area contributed by atoms with Crippen molar-refractivity contribution in [3.8, 4) is 33.6 Å². The van der Waals surface area contributed by atoms with Gasteiger partial charge in [-0.25, -0.2) is 9.97 Å². The normalized spacial score (nSPS) is 21.5. The van der Waals surface area contributed by atoms with Crippen LogP contribution in [0.1, 0.15) is 0 Å². The van der Waals surface area contributed by atoms with Crippen LogP contribution in [0.5, 0.6) is 0 Å². The minimum atomic E-state index is 0.712. The molecule has 4 aromatic rings. The van der Waals surface area contributed by atoms with Crippen LogP contribution in [0.3, 0.4) is 0 Å². The van der Waals surface area contributed by atoms with E-state index in [2.05, 4.69) is 39.0 Å². The zero-order chi connectivity index (χ0) is 21.7. The molecule has 2 aliphatic rings. The molecule has 2 unspecified atom stereocenters. The molecule has 162 valence electrons. The highest BCUT2D eigenvalue weighted by molar-refractivity contribution is 5.76. The van der Waals surface area contributed by atoms with E-state index >= 15 is 0 Å². The number of nitrogens with zero attached hydrogens (tertiary/aromatic N) is 6. The Hall–Kier alpha value is -3.52. The second-order valence-electron chi connectivity index (χ2n) is 8.87. The number of anilines is 1. The number of nitrogens with one attached hydrogen (secondary N) is 2. The van der Waals surface area contributed by atoms with Crippen molar-refractivity contribution in [2.24, 2.45) is 31.8 Å². The van der Waals surface area contributed by atoms with E-state index in [0.717, 1.165) is 71.0 Å². The van der Waals surface area contributed by atoms with Crippen molar-refractivity contribution in [2.75, 3.05) is 25.0 Å². The SMILES string of the molecule is Cn1cc(-c2cccc(-c3ncc(-c4cnn(C)c4)c(NCC4C5CNC[C@H]54)n3)c2)cn1. The highest BCUT2D eigenvalue weighted by Crippen LogP contribution is 2.48.